The molecule has 6 aromatic carbocycles. The van der Waals surface area contributed by atoms with Crippen molar-refractivity contribution >= 4 is 21.5 Å². The van der Waals surface area contributed by atoms with Gasteiger partial charge in [-0.25, -0.2) is 0 Å². The first-order chi connectivity index (χ1) is 16.8. The summed E-state index contributed by atoms with van der Waals surface area (Å²) in [4.78, 5) is 0. The Bertz CT molecular complexity index is 1590. The average molecular weight is 435 g/mol. The molecule has 0 saturated heterocycles. The van der Waals surface area contributed by atoms with E-state index in [9.17, 15) is 0 Å². The van der Waals surface area contributed by atoms with Gasteiger partial charge in [0.1, 0.15) is 0 Å². The predicted octanol–water partition coefficient (Wildman–Crippen LogP) is 8.84. The maximum absolute atomic E-state index is 2.34. The molecule has 0 heteroatoms. The van der Waals surface area contributed by atoms with Crippen molar-refractivity contribution in [3.63, 3.8) is 0 Å². The predicted molar refractivity (Wildman–Crippen MR) is 145 cm³/mol. The van der Waals surface area contributed by atoms with Crippen LogP contribution in [-0.2, 0) is 12.8 Å². The molecule has 0 saturated carbocycles. The maximum atomic E-state index is 2.34. The highest BCUT2D eigenvalue weighted by atomic mass is 14.2. The third kappa shape index (κ3) is 4.00. The van der Waals surface area contributed by atoms with Crippen molar-refractivity contribution in [1.82, 2.24) is 0 Å². The van der Waals surface area contributed by atoms with Crippen LogP contribution in [0.5, 0.6) is 0 Å². The Kier molecular flexibility index (Phi) is 5.41. The van der Waals surface area contributed by atoms with E-state index in [2.05, 4.69) is 133 Å². The van der Waals surface area contributed by atoms with Crippen molar-refractivity contribution < 1.29 is 0 Å². The minimum Gasteiger partial charge on any atom is -0.0622 e. The Labute approximate surface area is 201 Å². The first-order valence-electron chi connectivity index (χ1n) is 12.0. The van der Waals surface area contributed by atoms with Crippen LogP contribution in [0.25, 0.3) is 32.7 Å². The van der Waals surface area contributed by atoms with Crippen LogP contribution < -0.4 is 0 Å². The van der Waals surface area contributed by atoms with Gasteiger partial charge in [-0.2, -0.15) is 0 Å². The zero-order valence-electron chi connectivity index (χ0n) is 19.1. The molecule has 6 aromatic rings. The zero-order chi connectivity index (χ0) is 22.7. The number of benzene rings is 6. The lowest BCUT2D eigenvalue weighted by atomic mass is 9.87. The van der Waals surface area contributed by atoms with Crippen molar-refractivity contribution in [3.8, 4) is 11.1 Å². The third-order valence-corrected chi connectivity index (χ3v) is 6.81. The molecule has 0 atom stereocenters. The number of fused-ring (bicyclic) bond motifs is 2. The largest absolute Gasteiger partial charge is 0.0622 e. The fraction of sp³-hybridized carbons (Fsp3) is 0.0588. The fourth-order valence-electron chi connectivity index (χ4n) is 5.10. The Morgan fingerprint density at radius 1 is 0.412 bits per heavy atom. The van der Waals surface area contributed by atoms with Crippen molar-refractivity contribution in [3.05, 3.63) is 156 Å². The van der Waals surface area contributed by atoms with Gasteiger partial charge in [-0.1, -0.05) is 133 Å². The summed E-state index contributed by atoms with van der Waals surface area (Å²) in [7, 11) is 0. The van der Waals surface area contributed by atoms with Gasteiger partial charge < -0.3 is 0 Å². The van der Waals surface area contributed by atoms with E-state index in [1.54, 1.807) is 0 Å². The SMILES string of the molecule is c1ccc(-c2cccc(Cc3ccc4ccccc4c3)c2Cc2cccc3ccccc23)cc1. The van der Waals surface area contributed by atoms with Crippen molar-refractivity contribution in [2.75, 3.05) is 0 Å². The molecule has 0 aliphatic rings. The van der Waals surface area contributed by atoms with Gasteiger partial charge in [0.15, 0.2) is 0 Å². The molecule has 0 radical (unpaired) electrons. The second kappa shape index (κ2) is 9.00. The minimum absolute atomic E-state index is 0.912. The van der Waals surface area contributed by atoms with Crippen LogP contribution in [0.3, 0.4) is 0 Å². The molecule has 0 aromatic heterocycles. The molecule has 0 bridgehead atoms. The summed E-state index contributed by atoms with van der Waals surface area (Å²) in [6.07, 6.45) is 1.83. The Hall–Kier alpha value is -4.16. The number of rotatable bonds is 5. The molecule has 0 unspecified atom stereocenters. The lowest BCUT2D eigenvalue weighted by Crippen LogP contribution is -2.01. The minimum atomic E-state index is 0.912. The highest BCUT2D eigenvalue weighted by Crippen LogP contribution is 2.32. The van der Waals surface area contributed by atoms with Crippen LogP contribution in [-0.4, -0.2) is 0 Å². The highest BCUT2D eigenvalue weighted by molar-refractivity contribution is 5.86. The monoisotopic (exact) mass is 434 g/mol. The summed E-state index contributed by atoms with van der Waals surface area (Å²) in [5.41, 5.74) is 8.14. The van der Waals surface area contributed by atoms with Gasteiger partial charge in [-0.15, -0.1) is 0 Å². The van der Waals surface area contributed by atoms with Gasteiger partial charge in [0.05, 0.1) is 0 Å². The van der Waals surface area contributed by atoms with E-state index < -0.39 is 0 Å². The van der Waals surface area contributed by atoms with Gasteiger partial charge in [0.2, 0.25) is 0 Å². The van der Waals surface area contributed by atoms with Crippen LogP contribution in [0.1, 0.15) is 22.3 Å². The third-order valence-electron chi connectivity index (χ3n) is 6.81. The quantitative estimate of drug-likeness (QED) is 0.254. The van der Waals surface area contributed by atoms with Crippen molar-refractivity contribution in [1.29, 1.82) is 0 Å². The molecule has 0 fully saturated rings. The summed E-state index contributed by atoms with van der Waals surface area (Å²) < 4.78 is 0. The molecule has 0 N–H and O–H groups in total. The molecular formula is C34H26. The smallest absolute Gasteiger partial charge is 0.00106 e. The molecule has 0 aliphatic carbocycles. The van der Waals surface area contributed by atoms with E-state index >= 15 is 0 Å². The van der Waals surface area contributed by atoms with E-state index in [0.717, 1.165) is 12.8 Å². The maximum Gasteiger partial charge on any atom is -0.00106 e. The molecule has 6 rings (SSSR count). The van der Waals surface area contributed by atoms with Crippen LogP contribution in [0.2, 0.25) is 0 Å². The summed E-state index contributed by atoms with van der Waals surface area (Å²) in [6.45, 7) is 0. The summed E-state index contributed by atoms with van der Waals surface area (Å²) >= 11 is 0. The first-order valence-corrected chi connectivity index (χ1v) is 12.0. The molecule has 0 aliphatic heterocycles. The van der Waals surface area contributed by atoms with E-state index in [4.69, 9.17) is 0 Å². The first kappa shape index (κ1) is 20.4. The molecule has 162 valence electrons. The molecule has 34 heavy (non-hydrogen) atoms. The number of hydrogen-bond donors (Lipinski definition) is 0. The summed E-state index contributed by atoms with van der Waals surface area (Å²) in [6, 6.07) is 48.5. The Morgan fingerprint density at radius 2 is 1.09 bits per heavy atom. The van der Waals surface area contributed by atoms with Crippen LogP contribution in [0, 0.1) is 0 Å². The zero-order valence-corrected chi connectivity index (χ0v) is 19.1. The van der Waals surface area contributed by atoms with Crippen LogP contribution >= 0.6 is 0 Å². The van der Waals surface area contributed by atoms with Gasteiger partial charge in [-0.3, -0.25) is 0 Å². The van der Waals surface area contributed by atoms with E-state index in [1.807, 2.05) is 0 Å². The van der Waals surface area contributed by atoms with Crippen molar-refractivity contribution in [2.24, 2.45) is 0 Å². The van der Waals surface area contributed by atoms with Gasteiger partial charge in [0, 0.05) is 0 Å². The summed E-state index contributed by atoms with van der Waals surface area (Å²) in [5.74, 6) is 0. The Balaban J connectivity index is 1.48. The lowest BCUT2D eigenvalue weighted by molar-refractivity contribution is 1.10. The fourth-order valence-corrected chi connectivity index (χ4v) is 5.10. The topological polar surface area (TPSA) is 0 Å². The number of hydrogen-bond acceptors (Lipinski definition) is 0. The lowest BCUT2D eigenvalue weighted by Gasteiger charge is -2.17. The van der Waals surface area contributed by atoms with Crippen LogP contribution in [0.4, 0.5) is 0 Å². The highest BCUT2D eigenvalue weighted by Gasteiger charge is 2.13. The second-order valence-corrected chi connectivity index (χ2v) is 8.98. The molecule has 0 nitrogen and oxygen atoms in total. The molecule has 0 amide bonds. The van der Waals surface area contributed by atoms with E-state index in [1.165, 1.54) is 54.9 Å². The van der Waals surface area contributed by atoms with Crippen molar-refractivity contribution in [2.45, 2.75) is 12.8 Å². The van der Waals surface area contributed by atoms with Crippen LogP contribution in [0.15, 0.2) is 133 Å². The standard InChI is InChI=1S/C34H26/c1-2-11-28(12-3-1)33-19-9-17-30(23-25-20-21-26-10-4-5-14-29(26)22-25)34(33)24-31-16-8-15-27-13-6-7-18-32(27)31/h1-22H,23-24H2. The normalized spacial score (nSPS) is 11.2. The second-order valence-electron chi connectivity index (χ2n) is 8.98. The van der Waals surface area contributed by atoms with Gasteiger partial charge in [0.25, 0.3) is 0 Å². The van der Waals surface area contributed by atoms with E-state index in [0.29, 0.717) is 0 Å². The molecular weight excluding hydrogens is 408 g/mol. The summed E-state index contributed by atoms with van der Waals surface area (Å²) in [5, 5.41) is 5.23. The Morgan fingerprint density at radius 3 is 1.97 bits per heavy atom. The van der Waals surface area contributed by atoms with E-state index in [-0.39, 0.29) is 0 Å². The molecule has 0 heterocycles. The van der Waals surface area contributed by atoms with Gasteiger partial charge in [-0.05, 0) is 67.8 Å². The molecule has 0 spiro atoms. The average Bonchev–Trinajstić information content (AvgIpc) is 2.90. The van der Waals surface area contributed by atoms with Gasteiger partial charge >= 0.3 is 0 Å².